The van der Waals surface area contributed by atoms with Gasteiger partial charge in [-0.25, -0.2) is 0 Å². The fourth-order valence-corrected chi connectivity index (χ4v) is 5.21. The average Bonchev–Trinajstić information content (AvgIpc) is 3.05. The summed E-state index contributed by atoms with van der Waals surface area (Å²) in [6, 6.07) is 4.93. The Morgan fingerprint density at radius 2 is 1.81 bits per heavy atom. The van der Waals surface area contributed by atoms with Crippen LogP contribution in [0.2, 0.25) is 0 Å². The van der Waals surface area contributed by atoms with Gasteiger partial charge < -0.3 is 10.2 Å². The third-order valence-electron chi connectivity index (χ3n) is 7.27. The standard InChI is InChI=1S/C24H32N4O4/c1-3-27(2)16-9-7-15(8-10-16)13-14-25-18-6-4-5-17-21(18)24(32)28(23(17)31)19-11-12-20(29)26-22(19)30/h4-6,15-16,19,25H,3,7-14H2,1-2H3,(H,26,29,30). The fraction of sp³-hybridized carbons (Fsp3) is 0.583. The molecule has 32 heavy (non-hydrogen) atoms. The van der Waals surface area contributed by atoms with E-state index >= 15 is 0 Å². The minimum atomic E-state index is -0.940. The van der Waals surface area contributed by atoms with Crippen molar-refractivity contribution in [2.45, 2.75) is 64.0 Å². The zero-order chi connectivity index (χ0) is 22.8. The third-order valence-corrected chi connectivity index (χ3v) is 7.27. The molecule has 4 amide bonds. The van der Waals surface area contributed by atoms with Crippen LogP contribution < -0.4 is 10.6 Å². The van der Waals surface area contributed by atoms with Gasteiger partial charge in [0.1, 0.15) is 6.04 Å². The second-order valence-electron chi connectivity index (χ2n) is 9.14. The van der Waals surface area contributed by atoms with E-state index in [-0.39, 0.29) is 18.7 Å². The minimum absolute atomic E-state index is 0.116. The normalized spacial score (nSPS) is 25.8. The van der Waals surface area contributed by atoms with Gasteiger partial charge in [0.2, 0.25) is 11.8 Å². The molecule has 2 heterocycles. The van der Waals surface area contributed by atoms with Gasteiger partial charge in [-0.05, 0) is 70.2 Å². The van der Waals surface area contributed by atoms with Crippen LogP contribution in [0.25, 0.3) is 0 Å². The van der Waals surface area contributed by atoms with E-state index < -0.39 is 23.8 Å². The number of hydrogen-bond donors (Lipinski definition) is 2. The lowest BCUT2D eigenvalue weighted by molar-refractivity contribution is -0.136. The number of anilines is 1. The lowest BCUT2D eigenvalue weighted by Crippen LogP contribution is -2.54. The van der Waals surface area contributed by atoms with Crippen LogP contribution in [-0.4, -0.2) is 65.6 Å². The highest BCUT2D eigenvalue weighted by molar-refractivity contribution is 6.25. The van der Waals surface area contributed by atoms with Crippen LogP contribution in [-0.2, 0) is 9.59 Å². The zero-order valence-corrected chi connectivity index (χ0v) is 18.9. The molecule has 0 radical (unpaired) electrons. The topological polar surface area (TPSA) is 98.8 Å². The Labute approximate surface area is 188 Å². The van der Waals surface area contributed by atoms with Gasteiger partial charge in [0, 0.05) is 24.7 Å². The van der Waals surface area contributed by atoms with E-state index in [9.17, 15) is 19.2 Å². The number of carbonyl (C=O) groups is 4. The van der Waals surface area contributed by atoms with E-state index in [2.05, 4.69) is 29.5 Å². The van der Waals surface area contributed by atoms with Crippen molar-refractivity contribution in [1.82, 2.24) is 15.1 Å². The molecule has 0 bridgehead atoms. The molecular formula is C24H32N4O4. The van der Waals surface area contributed by atoms with Crippen molar-refractivity contribution in [1.29, 1.82) is 0 Å². The highest BCUT2D eigenvalue weighted by Gasteiger charge is 2.45. The van der Waals surface area contributed by atoms with Crippen LogP contribution in [0.4, 0.5) is 5.69 Å². The van der Waals surface area contributed by atoms with Crippen molar-refractivity contribution in [2.75, 3.05) is 25.5 Å². The van der Waals surface area contributed by atoms with Gasteiger partial charge in [0.15, 0.2) is 0 Å². The lowest BCUT2D eigenvalue weighted by Gasteiger charge is -2.34. The minimum Gasteiger partial charge on any atom is -0.384 e. The number of nitrogens with one attached hydrogen (secondary N) is 2. The summed E-state index contributed by atoms with van der Waals surface area (Å²) in [6.07, 6.45) is 6.17. The smallest absolute Gasteiger partial charge is 0.264 e. The molecule has 8 heteroatoms. The van der Waals surface area contributed by atoms with E-state index in [0.29, 0.717) is 28.8 Å². The largest absolute Gasteiger partial charge is 0.384 e. The molecule has 2 aliphatic heterocycles. The number of piperidine rings is 1. The lowest BCUT2D eigenvalue weighted by atomic mass is 9.83. The van der Waals surface area contributed by atoms with E-state index in [0.717, 1.165) is 24.4 Å². The van der Waals surface area contributed by atoms with E-state index in [4.69, 9.17) is 0 Å². The first-order chi connectivity index (χ1) is 15.4. The first-order valence-electron chi connectivity index (χ1n) is 11.7. The number of hydrogen-bond acceptors (Lipinski definition) is 6. The van der Waals surface area contributed by atoms with Crippen LogP contribution in [0.3, 0.4) is 0 Å². The predicted molar refractivity (Wildman–Crippen MR) is 120 cm³/mol. The number of rotatable bonds is 7. The molecule has 2 N–H and O–H groups in total. The van der Waals surface area contributed by atoms with Gasteiger partial charge in [0.25, 0.3) is 11.8 Å². The van der Waals surface area contributed by atoms with Crippen molar-refractivity contribution in [3.05, 3.63) is 29.3 Å². The number of fused-ring (bicyclic) bond motifs is 1. The molecule has 1 aliphatic carbocycles. The van der Waals surface area contributed by atoms with Crippen molar-refractivity contribution >= 4 is 29.3 Å². The molecule has 0 spiro atoms. The van der Waals surface area contributed by atoms with Crippen LogP contribution in [0.1, 0.15) is 72.6 Å². The molecule has 1 aromatic carbocycles. The second-order valence-corrected chi connectivity index (χ2v) is 9.14. The molecule has 0 aromatic heterocycles. The fourth-order valence-electron chi connectivity index (χ4n) is 5.21. The number of benzene rings is 1. The van der Waals surface area contributed by atoms with E-state index in [1.165, 1.54) is 25.7 Å². The summed E-state index contributed by atoms with van der Waals surface area (Å²) in [5, 5.41) is 5.60. The number of amides is 4. The molecule has 1 unspecified atom stereocenters. The summed E-state index contributed by atoms with van der Waals surface area (Å²) in [4.78, 5) is 53.2. The Balaban J connectivity index is 1.38. The van der Waals surface area contributed by atoms with Crippen LogP contribution in [0.5, 0.6) is 0 Å². The van der Waals surface area contributed by atoms with Gasteiger partial charge in [0.05, 0.1) is 11.1 Å². The van der Waals surface area contributed by atoms with Crippen molar-refractivity contribution in [3.63, 3.8) is 0 Å². The molecular weight excluding hydrogens is 408 g/mol. The summed E-state index contributed by atoms with van der Waals surface area (Å²) in [5.74, 6) is -1.24. The predicted octanol–water partition coefficient (Wildman–Crippen LogP) is 2.40. The maximum Gasteiger partial charge on any atom is 0.264 e. The average molecular weight is 441 g/mol. The monoisotopic (exact) mass is 440 g/mol. The van der Waals surface area contributed by atoms with Crippen LogP contribution in [0.15, 0.2) is 18.2 Å². The summed E-state index contributed by atoms with van der Waals surface area (Å²) < 4.78 is 0. The quantitative estimate of drug-likeness (QED) is 0.632. The molecule has 8 nitrogen and oxygen atoms in total. The van der Waals surface area contributed by atoms with Crippen LogP contribution in [0, 0.1) is 5.92 Å². The van der Waals surface area contributed by atoms with Crippen LogP contribution >= 0.6 is 0 Å². The Morgan fingerprint density at radius 3 is 2.50 bits per heavy atom. The molecule has 1 saturated carbocycles. The molecule has 172 valence electrons. The van der Waals surface area contributed by atoms with Gasteiger partial charge in [-0.1, -0.05) is 13.0 Å². The number of carbonyl (C=O) groups excluding carboxylic acids is 4. The Morgan fingerprint density at radius 1 is 1.06 bits per heavy atom. The highest BCUT2D eigenvalue weighted by Crippen LogP contribution is 2.33. The summed E-state index contributed by atoms with van der Waals surface area (Å²) in [6.45, 7) is 4.01. The van der Waals surface area contributed by atoms with Gasteiger partial charge in [-0.15, -0.1) is 0 Å². The molecule has 2 fully saturated rings. The summed E-state index contributed by atoms with van der Waals surface area (Å²) >= 11 is 0. The Bertz CT molecular complexity index is 923. The maximum absolute atomic E-state index is 13.1. The molecule has 1 saturated heterocycles. The first-order valence-corrected chi connectivity index (χ1v) is 11.7. The molecule has 1 aromatic rings. The molecule has 1 atom stereocenters. The molecule has 3 aliphatic rings. The van der Waals surface area contributed by atoms with E-state index in [1.54, 1.807) is 12.1 Å². The summed E-state index contributed by atoms with van der Waals surface area (Å²) in [7, 11) is 2.19. The number of nitrogens with zero attached hydrogens (tertiary/aromatic N) is 2. The maximum atomic E-state index is 13.1. The van der Waals surface area contributed by atoms with E-state index in [1.807, 2.05) is 6.07 Å². The second kappa shape index (κ2) is 9.40. The summed E-state index contributed by atoms with van der Waals surface area (Å²) in [5.41, 5.74) is 1.28. The first kappa shape index (κ1) is 22.5. The number of imide groups is 2. The zero-order valence-electron chi connectivity index (χ0n) is 18.9. The SMILES string of the molecule is CCN(C)C1CCC(CCNc2cccc3c2C(=O)N(C2CCC(=O)NC2=O)C3=O)CC1. The molecule has 4 rings (SSSR count). The third kappa shape index (κ3) is 4.28. The van der Waals surface area contributed by atoms with Gasteiger partial charge >= 0.3 is 0 Å². The van der Waals surface area contributed by atoms with Gasteiger partial charge in [-0.3, -0.25) is 29.4 Å². The van der Waals surface area contributed by atoms with Gasteiger partial charge in [-0.2, -0.15) is 0 Å². The van der Waals surface area contributed by atoms with Crippen molar-refractivity contribution in [2.24, 2.45) is 5.92 Å². The van der Waals surface area contributed by atoms with Crippen molar-refractivity contribution < 1.29 is 19.2 Å². The highest BCUT2D eigenvalue weighted by atomic mass is 16.2. The Hall–Kier alpha value is -2.74. The Kier molecular flexibility index (Phi) is 6.60. The van der Waals surface area contributed by atoms with Crippen molar-refractivity contribution in [3.8, 4) is 0 Å².